The average Bonchev–Trinajstić information content (AvgIpc) is 2.34. The van der Waals surface area contributed by atoms with Gasteiger partial charge in [0.2, 0.25) is 0 Å². The number of ether oxygens (including phenoxy) is 1. The molecule has 0 aliphatic rings. The van der Waals surface area contributed by atoms with E-state index in [1.165, 1.54) is 5.56 Å². The molecule has 0 aromatic heterocycles. The van der Waals surface area contributed by atoms with E-state index in [9.17, 15) is 5.11 Å². The maximum atomic E-state index is 9.87. The molecular weight excluding hydrogens is 200 g/mol. The first-order valence-corrected chi connectivity index (χ1v) is 6.16. The zero-order valence-electron chi connectivity index (χ0n) is 10.5. The van der Waals surface area contributed by atoms with Crippen LogP contribution in [0.4, 0.5) is 0 Å². The molecule has 0 aliphatic carbocycles. The lowest BCUT2D eigenvalue weighted by molar-refractivity contribution is 0.172. The Morgan fingerprint density at radius 2 is 2.00 bits per heavy atom. The first kappa shape index (κ1) is 13.0. The summed E-state index contributed by atoms with van der Waals surface area (Å²) in [4.78, 5) is 0. The number of aliphatic hydroxyl groups is 1. The predicted octanol–water partition coefficient (Wildman–Crippen LogP) is 3.48. The van der Waals surface area contributed by atoms with Crippen LogP contribution in [0.2, 0.25) is 0 Å². The molecule has 0 bridgehead atoms. The van der Waals surface area contributed by atoms with Crippen molar-refractivity contribution >= 4 is 0 Å². The summed E-state index contributed by atoms with van der Waals surface area (Å²) in [5.74, 6) is 0.908. The lowest BCUT2D eigenvalue weighted by Crippen LogP contribution is -2.02. The summed E-state index contributed by atoms with van der Waals surface area (Å²) in [7, 11) is 0. The first-order chi connectivity index (χ1) is 7.72. The highest BCUT2D eigenvalue weighted by molar-refractivity contribution is 5.37. The molecular formula is C14H22O2. The molecule has 0 fully saturated rings. The molecule has 2 heteroatoms. The van der Waals surface area contributed by atoms with Crippen LogP contribution < -0.4 is 4.74 Å². The highest BCUT2D eigenvalue weighted by Crippen LogP contribution is 2.25. The van der Waals surface area contributed by atoms with E-state index in [0.29, 0.717) is 0 Å². The van der Waals surface area contributed by atoms with Crippen molar-refractivity contribution in [3.05, 3.63) is 29.3 Å². The maximum absolute atomic E-state index is 9.87. The van der Waals surface area contributed by atoms with E-state index < -0.39 is 0 Å². The molecule has 0 saturated carbocycles. The summed E-state index contributed by atoms with van der Waals surface area (Å²) in [5.41, 5.74) is 2.22. The van der Waals surface area contributed by atoms with Crippen molar-refractivity contribution in [1.82, 2.24) is 0 Å². The molecule has 0 amide bonds. The Bertz CT molecular complexity index is 321. The van der Waals surface area contributed by atoms with Crippen LogP contribution in [0.5, 0.6) is 5.75 Å². The van der Waals surface area contributed by atoms with Crippen molar-refractivity contribution in [2.45, 2.75) is 46.1 Å². The Balaban J connectivity index is 2.88. The SMILES string of the molecule is CCCOc1ccc(C(O)CC)c(CC)c1. The topological polar surface area (TPSA) is 29.5 Å². The van der Waals surface area contributed by atoms with Gasteiger partial charge in [-0.05, 0) is 42.5 Å². The third-order valence-electron chi connectivity index (χ3n) is 2.71. The minimum atomic E-state index is -0.352. The van der Waals surface area contributed by atoms with Gasteiger partial charge in [-0.3, -0.25) is 0 Å². The van der Waals surface area contributed by atoms with E-state index in [1.54, 1.807) is 0 Å². The number of benzene rings is 1. The van der Waals surface area contributed by atoms with Gasteiger partial charge in [-0.25, -0.2) is 0 Å². The van der Waals surface area contributed by atoms with Gasteiger partial charge in [0.1, 0.15) is 5.75 Å². The van der Waals surface area contributed by atoms with Crippen LogP contribution >= 0.6 is 0 Å². The second kappa shape index (κ2) is 6.54. The van der Waals surface area contributed by atoms with Crippen molar-refractivity contribution in [2.75, 3.05) is 6.61 Å². The second-order valence-corrected chi connectivity index (χ2v) is 3.99. The number of hydrogen-bond donors (Lipinski definition) is 1. The van der Waals surface area contributed by atoms with E-state index >= 15 is 0 Å². The molecule has 90 valence electrons. The van der Waals surface area contributed by atoms with Crippen LogP contribution in [0, 0.1) is 0 Å². The number of aliphatic hydroxyl groups excluding tert-OH is 1. The fraction of sp³-hybridized carbons (Fsp3) is 0.571. The minimum Gasteiger partial charge on any atom is -0.494 e. The quantitative estimate of drug-likeness (QED) is 0.798. The highest BCUT2D eigenvalue weighted by Gasteiger charge is 2.10. The summed E-state index contributed by atoms with van der Waals surface area (Å²) in [5, 5.41) is 9.87. The molecule has 0 saturated heterocycles. The molecule has 0 radical (unpaired) electrons. The largest absolute Gasteiger partial charge is 0.494 e. The molecule has 1 rings (SSSR count). The van der Waals surface area contributed by atoms with Gasteiger partial charge >= 0.3 is 0 Å². The monoisotopic (exact) mass is 222 g/mol. The molecule has 0 aliphatic heterocycles. The lowest BCUT2D eigenvalue weighted by Gasteiger charge is -2.15. The normalized spacial score (nSPS) is 12.5. The molecule has 1 unspecified atom stereocenters. The highest BCUT2D eigenvalue weighted by atomic mass is 16.5. The predicted molar refractivity (Wildman–Crippen MR) is 66.9 cm³/mol. The summed E-state index contributed by atoms with van der Waals surface area (Å²) >= 11 is 0. The summed E-state index contributed by atoms with van der Waals surface area (Å²) in [6, 6.07) is 5.98. The van der Waals surface area contributed by atoms with Crippen molar-refractivity contribution in [3.63, 3.8) is 0 Å². The van der Waals surface area contributed by atoms with E-state index in [0.717, 1.165) is 37.2 Å². The van der Waals surface area contributed by atoms with Crippen molar-refractivity contribution in [2.24, 2.45) is 0 Å². The zero-order valence-corrected chi connectivity index (χ0v) is 10.5. The smallest absolute Gasteiger partial charge is 0.119 e. The van der Waals surface area contributed by atoms with Gasteiger partial charge < -0.3 is 9.84 Å². The molecule has 1 aromatic rings. The van der Waals surface area contributed by atoms with Gasteiger partial charge in [-0.15, -0.1) is 0 Å². The zero-order chi connectivity index (χ0) is 12.0. The fourth-order valence-corrected chi connectivity index (χ4v) is 1.74. The summed E-state index contributed by atoms with van der Waals surface area (Å²) < 4.78 is 5.58. The van der Waals surface area contributed by atoms with E-state index in [-0.39, 0.29) is 6.10 Å². The van der Waals surface area contributed by atoms with Crippen molar-refractivity contribution in [1.29, 1.82) is 0 Å². The minimum absolute atomic E-state index is 0.352. The Morgan fingerprint density at radius 1 is 1.25 bits per heavy atom. The summed E-state index contributed by atoms with van der Waals surface area (Å²) in [6.45, 7) is 6.94. The Morgan fingerprint density at radius 3 is 2.56 bits per heavy atom. The average molecular weight is 222 g/mol. The van der Waals surface area contributed by atoms with Crippen LogP contribution in [0.1, 0.15) is 50.8 Å². The maximum Gasteiger partial charge on any atom is 0.119 e. The van der Waals surface area contributed by atoms with Gasteiger partial charge in [0.05, 0.1) is 12.7 Å². The van der Waals surface area contributed by atoms with Gasteiger partial charge in [0.25, 0.3) is 0 Å². The van der Waals surface area contributed by atoms with E-state index in [4.69, 9.17) is 4.74 Å². The van der Waals surface area contributed by atoms with Crippen molar-refractivity contribution in [3.8, 4) is 5.75 Å². The molecule has 0 spiro atoms. The van der Waals surface area contributed by atoms with Gasteiger partial charge in [-0.2, -0.15) is 0 Å². The number of rotatable bonds is 6. The third-order valence-corrected chi connectivity index (χ3v) is 2.71. The van der Waals surface area contributed by atoms with Crippen LogP contribution in [0.3, 0.4) is 0 Å². The fourth-order valence-electron chi connectivity index (χ4n) is 1.74. The third kappa shape index (κ3) is 3.24. The molecule has 1 atom stereocenters. The van der Waals surface area contributed by atoms with Gasteiger partial charge in [0, 0.05) is 0 Å². The molecule has 1 aromatic carbocycles. The molecule has 16 heavy (non-hydrogen) atoms. The number of hydrogen-bond acceptors (Lipinski definition) is 2. The molecule has 0 heterocycles. The van der Waals surface area contributed by atoms with E-state index in [1.807, 2.05) is 25.1 Å². The standard InChI is InChI=1S/C14H22O2/c1-4-9-16-12-7-8-13(14(15)6-3)11(5-2)10-12/h7-8,10,14-15H,4-6,9H2,1-3H3. The molecule has 2 nitrogen and oxygen atoms in total. The van der Waals surface area contributed by atoms with Gasteiger partial charge in [-0.1, -0.05) is 26.8 Å². The molecule has 1 N–H and O–H groups in total. The Kier molecular flexibility index (Phi) is 5.33. The Hall–Kier alpha value is -1.02. The Labute approximate surface area is 98.3 Å². The van der Waals surface area contributed by atoms with Crippen LogP contribution in [0.25, 0.3) is 0 Å². The lowest BCUT2D eigenvalue weighted by atomic mass is 9.99. The van der Waals surface area contributed by atoms with Crippen LogP contribution in [-0.4, -0.2) is 11.7 Å². The van der Waals surface area contributed by atoms with Gasteiger partial charge in [0.15, 0.2) is 0 Å². The van der Waals surface area contributed by atoms with Crippen molar-refractivity contribution < 1.29 is 9.84 Å². The first-order valence-electron chi connectivity index (χ1n) is 6.16. The number of aryl methyl sites for hydroxylation is 1. The van der Waals surface area contributed by atoms with Crippen LogP contribution in [0.15, 0.2) is 18.2 Å². The second-order valence-electron chi connectivity index (χ2n) is 3.99. The van der Waals surface area contributed by atoms with Crippen LogP contribution in [-0.2, 0) is 6.42 Å². The van der Waals surface area contributed by atoms with E-state index in [2.05, 4.69) is 13.8 Å². The summed E-state index contributed by atoms with van der Waals surface area (Å²) in [6.07, 6.45) is 2.34.